The third-order valence-electron chi connectivity index (χ3n) is 3.18. The van der Waals surface area contributed by atoms with Crippen LogP contribution < -0.4 is 11.1 Å². The lowest BCUT2D eigenvalue weighted by Gasteiger charge is -2.05. The van der Waals surface area contributed by atoms with Gasteiger partial charge >= 0.3 is 6.03 Å². The van der Waals surface area contributed by atoms with Gasteiger partial charge in [0.05, 0.1) is 12.7 Å². The molecule has 0 aliphatic carbocycles. The van der Waals surface area contributed by atoms with Gasteiger partial charge in [-0.05, 0) is 6.92 Å². The topological polar surface area (TPSA) is 90.8 Å². The van der Waals surface area contributed by atoms with Gasteiger partial charge in [0.1, 0.15) is 11.5 Å². The number of rotatable bonds is 6. The van der Waals surface area contributed by atoms with E-state index in [0.29, 0.717) is 12.4 Å². The van der Waals surface area contributed by atoms with Gasteiger partial charge in [-0.3, -0.25) is 10.00 Å². The Bertz CT molecular complexity index is 766. The van der Waals surface area contributed by atoms with Crippen LogP contribution in [0.4, 0.5) is 10.6 Å². The van der Waals surface area contributed by atoms with E-state index in [9.17, 15) is 4.79 Å². The minimum atomic E-state index is -0.623. The second kappa shape index (κ2) is 7.26. The largest absolute Gasteiger partial charge is 0.351 e. The molecule has 7 heteroatoms. The lowest BCUT2D eigenvalue weighted by Crippen LogP contribution is -2.22. The molecule has 0 saturated carbocycles. The third kappa shape index (κ3) is 3.97. The van der Waals surface area contributed by atoms with E-state index >= 15 is 0 Å². The van der Waals surface area contributed by atoms with E-state index in [2.05, 4.69) is 22.1 Å². The fourth-order valence-corrected chi connectivity index (χ4v) is 2.16. The minimum absolute atomic E-state index is 0.498. The second-order valence-corrected chi connectivity index (χ2v) is 4.95. The summed E-state index contributed by atoms with van der Waals surface area (Å²) in [5, 5.41) is 11.3. The average Bonchev–Trinajstić information content (AvgIpc) is 3.04. The number of hydrogen-bond acceptors (Lipinski definition) is 3. The van der Waals surface area contributed by atoms with Gasteiger partial charge in [0.25, 0.3) is 0 Å². The van der Waals surface area contributed by atoms with Crippen molar-refractivity contribution in [2.75, 3.05) is 5.32 Å². The second-order valence-electron chi connectivity index (χ2n) is 4.95. The normalized spacial score (nSPS) is 11.4. The maximum Gasteiger partial charge on any atom is 0.317 e. The maximum absolute atomic E-state index is 11.3. The number of primary amides is 1. The number of amides is 2. The Hall–Kier alpha value is -3.09. The standard InChI is InChI=1S/C16H20N6O/c1-4-5-6-7-8-9-22-15(19-16(17)23)12(2)14(20-22)13-10-18-21(3)11-13/h4-8,10-11H,1,9H2,2-3H3,(H3,17,19,23)/b6-5-,8-7-. The summed E-state index contributed by atoms with van der Waals surface area (Å²) >= 11 is 0. The van der Waals surface area contributed by atoms with Crippen LogP contribution in [0.5, 0.6) is 0 Å². The number of hydrogen-bond donors (Lipinski definition) is 2. The molecule has 120 valence electrons. The Kier molecular flexibility index (Phi) is 5.14. The summed E-state index contributed by atoms with van der Waals surface area (Å²) in [6, 6.07) is -0.623. The predicted octanol–water partition coefficient (Wildman–Crippen LogP) is 2.38. The highest BCUT2D eigenvalue weighted by Crippen LogP contribution is 2.27. The molecule has 0 aliphatic heterocycles. The van der Waals surface area contributed by atoms with E-state index in [0.717, 1.165) is 16.8 Å². The van der Waals surface area contributed by atoms with Crippen LogP contribution in [0.15, 0.2) is 49.4 Å². The molecule has 2 heterocycles. The molecule has 2 aromatic heterocycles. The number of nitrogens with zero attached hydrogens (tertiary/aromatic N) is 4. The third-order valence-corrected chi connectivity index (χ3v) is 3.18. The van der Waals surface area contributed by atoms with Gasteiger partial charge in [-0.25, -0.2) is 9.48 Å². The molecule has 0 saturated heterocycles. The van der Waals surface area contributed by atoms with E-state index in [1.807, 2.05) is 44.5 Å². The number of aryl methyl sites for hydroxylation is 1. The van der Waals surface area contributed by atoms with Gasteiger partial charge in [-0.1, -0.05) is 37.0 Å². The molecule has 0 fully saturated rings. The summed E-state index contributed by atoms with van der Waals surface area (Å²) in [4.78, 5) is 11.3. The lowest BCUT2D eigenvalue weighted by atomic mass is 10.1. The van der Waals surface area contributed by atoms with Crippen molar-refractivity contribution in [1.82, 2.24) is 19.6 Å². The molecule has 23 heavy (non-hydrogen) atoms. The Morgan fingerprint density at radius 1 is 1.43 bits per heavy atom. The van der Waals surface area contributed by atoms with Gasteiger partial charge < -0.3 is 5.73 Å². The van der Waals surface area contributed by atoms with Crippen LogP contribution in [-0.2, 0) is 13.6 Å². The Morgan fingerprint density at radius 2 is 2.22 bits per heavy atom. The molecule has 0 aromatic carbocycles. The molecule has 0 spiro atoms. The summed E-state index contributed by atoms with van der Waals surface area (Å²) in [5.74, 6) is 0.578. The summed E-state index contributed by atoms with van der Waals surface area (Å²) in [5.41, 5.74) is 7.74. The summed E-state index contributed by atoms with van der Waals surface area (Å²) in [6.45, 7) is 5.99. The molecule has 2 aromatic rings. The van der Waals surface area contributed by atoms with Crippen LogP contribution in [-0.4, -0.2) is 25.6 Å². The number of allylic oxidation sites excluding steroid dienone is 5. The number of nitrogens with two attached hydrogens (primary N) is 1. The number of carbonyl (C=O) groups is 1. The van der Waals surface area contributed by atoms with Crippen molar-refractivity contribution in [3.8, 4) is 11.3 Å². The molecule has 2 rings (SSSR count). The first-order chi connectivity index (χ1) is 11.0. The highest BCUT2D eigenvalue weighted by atomic mass is 16.2. The van der Waals surface area contributed by atoms with E-state index in [1.165, 1.54) is 0 Å². The van der Waals surface area contributed by atoms with Crippen molar-refractivity contribution >= 4 is 11.8 Å². The molecule has 0 atom stereocenters. The smallest absolute Gasteiger partial charge is 0.317 e. The quantitative estimate of drug-likeness (QED) is 0.802. The first-order valence-electron chi connectivity index (χ1n) is 7.10. The first kappa shape index (κ1) is 16.3. The average molecular weight is 312 g/mol. The molecule has 0 bridgehead atoms. The Balaban J connectivity index is 2.35. The van der Waals surface area contributed by atoms with Gasteiger partial charge in [-0.15, -0.1) is 0 Å². The highest BCUT2D eigenvalue weighted by molar-refractivity contribution is 5.89. The van der Waals surface area contributed by atoms with Crippen LogP contribution in [0.3, 0.4) is 0 Å². The predicted molar refractivity (Wildman–Crippen MR) is 90.8 cm³/mol. The molecular weight excluding hydrogens is 292 g/mol. The summed E-state index contributed by atoms with van der Waals surface area (Å²) in [6.07, 6.45) is 12.8. The Labute approximate surface area is 134 Å². The van der Waals surface area contributed by atoms with Crippen molar-refractivity contribution in [3.05, 3.63) is 54.9 Å². The molecule has 2 amide bonds. The fraction of sp³-hybridized carbons (Fsp3) is 0.188. The Morgan fingerprint density at radius 3 is 2.83 bits per heavy atom. The van der Waals surface area contributed by atoms with Crippen LogP contribution in [0.1, 0.15) is 5.56 Å². The van der Waals surface area contributed by atoms with E-state index < -0.39 is 6.03 Å². The number of urea groups is 1. The minimum Gasteiger partial charge on any atom is -0.351 e. The number of anilines is 1. The van der Waals surface area contributed by atoms with Crippen molar-refractivity contribution in [2.45, 2.75) is 13.5 Å². The van der Waals surface area contributed by atoms with Crippen molar-refractivity contribution < 1.29 is 4.79 Å². The van der Waals surface area contributed by atoms with Crippen molar-refractivity contribution in [1.29, 1.82) is 0 Å². The van der Waals surface area contributed by atoms with Gasteiger partial charge in [0.2, 0.25) is 0 Å². The maximum atomic E-state index is 11.3. The molecule has 7 nitrogen and oxygen atoms in total. The molecule has 3 N–H and O–H groups in total. The fourth-order valence-electron chi connectivity index (χ4n) is 2.16. The molecule has 0 aliphatic rings. The van der Waals surface area contributed by atoms with Gasteiger partial charge in [0.15, 0.2) is 0 Å². The van der Waals surface area contributed by atoms with E-state index in [4.69, 9.17) is 5.73 Å². The van der Waals surface area contributed by atoms with Crippen molar-refractivity contribution in [3.63, 3.8) is 0 Å². The SMILES string of the molecule is C=C/C=C\C=C/Cn1nc(-c2cnn(C)c2)c(C)c1NC(N)=O. The van der Waals surface area contributed by atoms with E-state index in [-0.39, 0.29) is 0 Å². The molecular formula is C16H20N6O. The number of carbonyl (C=O) groups excluding carboxylic acids is 1. The number of aromatic nitrogens is 4. The zero-order valence-corrected chi connectivity index (χ0v) is 13.2. The van der Waals surface area contributed by atoms with Gasteiger partial charge in [0, 0.05) is 24.4 Å². The van der Waals surface area contributed by atoms with Crippen LogP contribution in [0.2, 0.25) is 0 Å². The molecule has 0 radical (unpaired) electrons. The van der Waals surface area contributed by atoms with E-state index in [1.54, 1.807) is 21.6 Å². The summed E-state index contributed by atoms with van der Waals surface area (Å²) < 4.78 is 3.40. The molecule has 0 unspecified atom stereocenters. The van der Waals surface area contributed by atoms with Crippen molar-refractivity contribution in [2.24, 2.45) is 12.8 Å². The van der Waals surface area contributed by atoms with Crippen LogP contribution >= 0.6 is 0 Å². The lowest BCUT2D eigenvalue weighted by molar-refractivity contribution is 0.259. The zero-order chi connectivity index (χ0) is 16.8. The highest BCUT2D eigenvalue weighted by Gasteiger charge is 2.17. The monoisotopic (exact) mass is 312 g/mol. The summed E-state index contributed by atoms with van der Waals surface area (Å²) in [7, 11) is 1.84. The van der Waals surface area contributed by atoms with Crippen LogP contribution in [0, 0.1) is 6.92 Å². The zero-order valence-electron chi connectivity index (χ0n) is 13.2. The number of nitrogens with one attached hydrogen (secondary N) is 1. The first-order valence-corrected chi connectivity index (χ1v) is 7.10. The van der Waals surface area contributed by atoms with Crippen LogP contribution in [0.25, 0.3) is 11.3 Å². The van der Waals surface area contributed by atoms with Gasteiger partial charge in [-0.2, -0.15) is 10.2 Å².